The molecule has 1 aromatic heterocycles. The quantitative estimate of drug-likeness (QED) is 0.872. The second-order valence-corrected chi connectivity index (χ2v) is 5.29. The molecule has 1 N–H and O–H groups in total. The first-order chi connectivity index (χ1) is 7.80. The average molecular weight is 236 g/mol. The minimum absolute atomic E-state index is 0.0355. The van der Waals surface area contributed by atoms with Crippen LogP contribution in [0.5, 0.6) is 0 Å². The summed E-state index contributed by atoms with van der Waals surface area (Å²) in [4.78, 5) is 19.2. The van der Waals surface area contributed by atoms with Gasteiger partial charge in [0, 0.05) is 18.0 Å². The van der Waals surface area contributed by atoms with Crippen LogP contribution in [0.4, 0.5) is 0 Å². The number of carbonyl (C=O) groups is 1. The molecular formula is C13H20N2O2. The van der Waals surface area contributed by atoms with Gasteiger partial charge in [-0.1, -0.05) is 20.8 Å². The SMILES string of the molecule is Cc1ncc(CCCC(=O)O)c(C(C)(C)C)n1. The van der Waals surface area contributed by atoms with E-state index in [-0.39, 0.29) is 11.8 Å². The van der Waals surface area contributed by atoms with Crippen LogP contribution in [-0.2, 0) is 16.6 Å². The van der Waals surface area contributed by atoms with Gasteiger partial charge < -0.3 is 5.11 Å². The zero-order valence-electron chi connectivity index (χ0n) is 10.9. The zero-order valence-corrected chi connectivity index (χ0v) is 10.9. The molecule has 0 saturated carbocycles. The third kappa shape index (κ3) is 4.13. The number of hydrogen-bond acceptors (Lipinski definition) is 3. The topological polar surface area (TPSA) is 63.1 Å². The first kappa shape index (κ1) is 13.6. The highest BCUT2D eigenvalue weighted by molar-refractivity contribution is 5.66. The minimum Gasteiger partial charge on any atom is -0.481 e. The van der Waals surface area contributed by atoms with Crippen LogP contribution in [0, 0.1) is 6.92 Å². The lowest BCUT2D eigenvalue weighted by Gasteiger charge is -2.21. The zero-order chi connectivity index (χ0) is 13.1. The summed E-state index contributed by atoms with van der Waals surface area (Å²) in [7, 11) is 0. The van der Waals surface area contributed by atoms with Gasteiger partial charge >= 0.3 is 5.97 Å². The van der Waals surface area contributed by atoms with E-state index in [1.165, 1.54) is 0 Å². The maximum absolute atomic E-state index is 10.5. The summed E-state index contributed by atoms with van der Waals surface area (Å²) in [6.45, 7) is 8.19. The molecule has 1 aromatic rings. The van der Waals surface area contributed by atoms with Crippen LogP contribution in [0.1, 0.15) is 50.7 Å². The lowest BCUT2D eigenvalue weighted by atomic mass is 9.87. The lowest BCUT2D eigenvalue weighted by Crippen LogP contribution is -2.18. The van der Waals surface area contributed by atoms with Gasteiger partial charge in [0.15, 0.2) is 0 Å². The number of hydrogen-bond donors (Lipinski definition) is 1. The van der Waals surface area contributed by atoms with E-state index in [0.29, 0.717) is 6.42 Å². The van der Waals surface area contributed by atoms with Crippen molar-refractivity contribution in [1.29, 1.82) is 0 Å². The summed E-state index contributed by atoms with van der Waals surface area (Å²) in [5.41, 5.74) is 2.05. The number of carboxylic acids is 1. The van der Waals surface area contributed by atoms with Crippen LogP contribution in [0.3, 0.4) is 0 Å². The number of aliphatic carboxylic acids is 1. The highest BCUT2D eigenvalue weighted by Crippen LogP contribution is 2.24. The van der Waals surface area contributed by atoms with Crippen molar-refractivity contribution in [2.75, 3.05) is 0 Å². The Labute approximate surface area is 102 Å². The second-order valence-electron chi connectivity index (χ2n) is 5.29. The molecule has 0 aliphatic heterocycles. The number of aryl methyl sites for hydroxylation is 2. The second kappa shape index (κ2) is 5.25. The fourth-order valence-electron chi connectivity index (χ4n) is 1.76. The van der Waals surface area contributed by atoms with Gasteiger partial charge in [-0.25, -0.2) is 9.97 Å². The smallest absolute Gasteiger partial charge is 0.303 e. The molecule has 0 atom stereocenters. The molecule has 0 saturated heterocycles. The Bertz CT molecular complexity index is 408. The van der Waals surface area contributed by atoms with Crippen LogP contribution < -0.4 is 0 Å². The molecule has 0 aliphatic rings. The summed E-state index contributed by atoms with van der Waals surface area (Å²) in [5, 5.41) is 8.63. The van der Waals surface area contributed by atoms with Gasteiger partial charge in [0.25, 0.3) is 0 Å². The first-order valence-electron chi connectivity index (χ1n) is 5.85. The van der Waals surface area contributed by atoms with Gasteiger partial charge in [0.2, 0.25) is 0 Å². The maximum atomic E-state index is 10.5. The molecule has 0 spiro atoms. The summed E-state index contributed by atoms with van der Waals surface area (Å²) in [5.74, 6) is 0.00671. The van der Waals surface area contributed by atoms with E-state index in [9.17, 15) is 4.79 Å². The highest BCUT2D eigenvalue weighted by atomic mass is 16.4. The molecular weight excluding hydrogens is 216 g/mol. The van der Waals surface area contributed by atoms with Gasteiger partial charge in [0.1, 0.15) is 5.82 Å². The Morgan fingerprint density at radius 2 is 2.06 bits per heavy atom. The largest absolute Gasteiger partial charge is 0.481 e. The molecule has 0 unspecified atom stereocenters. The van der Waals surface area contributed by atoms with Crippen molar-refractivity contribution in [3.63, 3.8) is 0 Å². The predicted molar refractivity (Wildman–Crippen MR) is 66.0 cm³/mol. The summed E-state index contributed by atoms with van der Waals surface area (Å²) in [6, 6.07) is 0. The third-order valence-electron chi connectivity index (χ3n) is 2.53. The molecule has 0 fully saturated rings. The molecule has 0 bridgehead atoms. The molecule has 4 heteroatoms. The van der Waals surface area contributed by atoms with E-state index in [0.717, 1.165) is 23.5 Å². The van der Waals surface area contributed by atoms with Crippen LogP contribution in [-0.4, -0.2) is 21.0 Å². The summed E-state index contributed by atoms with van der Waals surface area (Å²) >= 11 is 0. The Balaban J connectivity index is 2.87. The molecule has 0 aromatic carbocycles. The number of aromatic nitrogens is 2. The van der Waals surface area contributed by atoms with Crippen molar-refractivity contribution in [2.24, 2.45) is 0 Å². The molecule has 1 heterocycles. The van der Waals surface area contributed by atoms with Crippen LogP contribution >= 0.6 is 0 Å². The van der Waals surface area contributed by atoms with E-state index >= 15 is 0 Å². The lowest BCUT2D eigenvalue weighted by molar-refractivity contribution is -0.137. The van der Waals surface area contributed by atoms with Gasteiger partial charge in [-0.3, -0.25) is 4.79 Å². The first-order valence-corrected chi connectivity index (χ1v) is 5.85. The van der Waals surface area contributed by atoms with Crippen molar-refractivity contribution >= 4 is 5.97 Å². The van der Waals surface area contributed by atoms with Crippen molar-refractivity contribution in [2.45, 2.75) is 52.4 Å². The van der Waals surface area contributed by atoms with Crippen molar-refractivity contribution in [3.8, 4) is 0 Å². The van der Waals surface area contributed by atoms with Crippen molar-refractivity contribution in [3.05, 3.63) is 23.3 Å². The van der Waals surface area contributed by atoms with Crippen LogP contribution in [0.25, 0.3) is 0 Å². The minimum atomic E-state index is -0.754. The predicted octanol–water partition coefficient (Wildman–Crippen LogP) is 2.49. The fraction of sp³-hybridized carbons (Fsp3) is 0.615. The number of carboxylic acid groups (broad SMARTS) is 1. The Morgan fingerprint density at radius 3 is 2.59 bits per heavy atom. The van der Waals surface area contributed by atoms with E-state index < -0.39 is 5.97 Å². The van der Waals surface area contributed by atoms with Crippen molar-refractivity contribution in [1.82, 2.24) is 9.97 Å². The van der Waals surface area contributed by atoms with E-state index in [1.54, 1.807) is 0 Å². The summed E-state index contributed by atoms with van der Waals surface area (Å²) in [6.07, 6.45) is 3.37. The molecule has 1 rings (SSSR count). The summed E-state index contributed by atoms with van der Waals surface area (Å²) < 4.78 is 0. The molecule has 94 valence electrons. The molecule has 0 radical (unpaired) electrons. The fourth-order valence-corrected chi connectivity index (χ4v) is 1.76. The van der Waals surface area contributed by atoms with Gasteiger partial charge in [-0.15, -0.1) is 0 Å². The van der Waals surface area contributed by atoms with Gasteiger partial charge in [-0.05, 0) is 25.3 Å². The molecule has 0 amide bonds. The van der Waals surface area contributed by atoms with E-state index in [2.05, 4.69) is 30.7 Å². The van der Waals surface area contributed by atoms with Crippen LogP contribution in [0.15, 0.2) is 6.20 Å². The standard InChI is InChI=1S/C13H20N2O2/c1-9-14-8-10(6-5-7-11(16)17)12(15-9)13(2,3)4/h8H,5-7H2,1-4H3,(H,16,17). The Hall–Kier alpha value is -1.45. The normalized spacial score (nSPS) is 11.5. The Kier molecular flexibility index (Phi) is 4.21. The molecule has 0 aliphatic carbocycles. The Morgan fingerprint density at radius 1 is 1.41 bits per heavy atom. The van der Waals surface area contributed by atoms with Gasteiger partial charge in [-0.2, -0.15) is 0 Å². The monoisotopic (exact) mass is 236 g/mol. The number of nitrogens with zero attached hydrogens (tertiary/aromatic N) is 2. The maximum Gasteiger partial charge on any atom is 0.303 e. The molecule has 17 heavy (non-hydrogen) atoms. The third-order valence-corrected chi connectivity index (χ3v) is 2.53. The molecule has 4 nitrogen and oxygen atoms in total. The average Bonchev–Trinajstić information content (AvgIpc) is 2.18. The van der Waals surface area contributed by atoms with Crippen molar-refractivity contribution < 1.29 is 9.90 Å². The number of rotatable bonds is 4. The van der Waals surface area contributed by atoms with E-state index in [4.69, 9.17) is 5.11 Å². The highest BCUT2D eigenvalue weighted by Gasteiger charge is 2.20. The van der Waals surface area contributed by atoms with Gasteiger partial charge in [0.05, 0.1) is 5.69 Å². The van der Waals surface area contributed by atoms with E-state index in [1.807, 2.05) is 13.1 Å². The van der Waals surface area contributed by atoms with Crippen LogP contribution in [0.2, 0.25) is 0 Å².